The van der Waals surface area contributed by atoms with Crippen molar-refractivity contribution < 1.29 is 4.74 Å². The first kappa shape index (κ1) is 12.3. The molecule has 0 aliphatic carbocycles. The summed E-state index contributed by atoms with van der Waals surface area (Å²) in [6, 6.07) is 0.963. The zero-order chi connectivity index (χ0) is 11.8. The first-order chi connectivity index (χ1) is 7.53. The van der Waals surface area contributed by atoms with Crippen molar-refractivity contribution in [1.82, 2.24) is 4.90 Å². The number of hydrogen-bond acceptors (Lipinski definition) is 3. The van der Waals surface area contributed by atoms with E-state index < -0.39 is 0 Å². The van der Waals surface area contributed by atoms with Gasteiger partial charge in [-0.25, -0.2) is 0 Å². The van der Waals surface area contributed by atoms with Crippen LogP contribution >= 0.6 is 0 Å². The van der Waals surface area contributed by atoms with Crippen molar-refractivity contribution in [2.45, 2.75) is 45.7 Å². The second-order valence-electron chi connectivity index (χ2n) is 6.20. The van der Waals surface area contributed by atoms with Crippen LogP contribution in [0.2, 0.25) is 0 Å². The summed E-state index contributed by atoms with van der Waals surface area (Å²) in [5.74, 6) is 0.754. The number of nitrogens with zero attached hydrogens (tertiary/aromatic N) is 1. The van der Waals surface area contributed by atoms with E-state index in [9.17, 15) is 0 Å². The van der Waals surface area contributed by atoms with Crippen molar-refractivity contribution in [2.24, 2.45) is 17.1 Å². The first-order valence-electron chi connectivity index (χ1n) is 6.60. The van der Waals surface area contributed by atoms with Gasteiger partial charge in [0, 0.05) is 24.0 Å². The highest BCUT2D eigenvalue weighted by molar-refractivity contribution is 4.95. The molecule has 2 aliphatic heterocycles. The molecule has 2 heterocycles. The van der Waals surface area contributed by atoms with Gasteiger partial charge in [-0.05, 0) is 25.3 Å². The molecular formula is C13H26N2O. The molecule has 3 atom stereocenters. The van der Waals surface area contributed by atoms with E-state index in [1.54, 1.807) is 0 Å². The zero-order valence-electron chi connectivity index (χ0n) is 10.9. The molecule has 3 heteroatoms. The minimum Gasteiger partial charge on any atom is -0.379 e. The average molecular weight is 226 g/mol. The summed E-state index contributed by atoms with van der Waals surface area (Å²) in [5, 5.41) is 0. The Balaban J connectivity index is 1.98. The summed E-state index contributed by atoms with van der Waals surface area (Å²) in [6.45, 7) is 10.8. The molecule has 0 spiro atoms. The maximum atomic E-state index is 6.16. The third-order valence-corrected chi connectivity index (χ3v) is 4.37. The van der Waals surface area contributed by atoms with Crippen LogP contribution in [-0.2, 0) is 4.74 Å². The topological polar surface area (TPSA) is 38.5 Å². The van der Waals surface area contributed by atoms with Gasteiger partial charge in [-0.3, -0.25) is 4.90 Å². The highest BCUT2D eigenvalue weighted by atomic mass is 16.5. The smallest absolute Gasteiger partial charge is 0.0624 e. The molecule has 3 unspecified atom stereocenters. The average Bonchev–Trinajstić information content (AvgIpc) is 2.76. The van der Waals surface area contributed by atoms with Crippen molar-refractivity contribution in [3.05, 3.63) is 0 Å². The molecule has 0 radical (unpaired) electrons. The summed E-state index contributed by atoms with van der Waals surface area (Å²) in [5.41, 5.74) is 6.33. The fraction of sp³-hybridized carbons (Fsp3) is 1.00. The van der Waals surface area contributed by atoms with Crippen LogP contribution in [0.4, 0.5) is 0 Å². The highest BCUT2D eigenvalue weighted by Crippen LogP contribution is 2.32. The minimum absolute atomic E-state index is 0.164. The van der Waals surface area contributed by atoms with Gasteiger partial charge in [0.15, 0.2) is 0 Å². The molecular weight excluding hydrogens is 200 g/mol. The number of ether oxygens (including phenoxy) is 1. The Morgan fingerprint density at radius 2 is 2.25 bits per heavy atom. The van der Waals surface area contributed by atoms with Crippen LogP contribution in [0, 0.1) is 11.3 Å². The second-order valence-corrected chi connectivity index (χ2v) is 6.20. The van der Waals surface area contributed by atoms with Gasteiger partial charge in [0.1, 0.15) is 0 Å². The van der Waals surface area contributed by atoms with E-state index >= 15 is 0 Å². The molecule has 94 valence electrons. The van der Waals surface area contributed by atoms with Gasteiger partial charge >= 0.3 is 0 Å². The molecule has 0 bridgehead atoms. The lowest BCUT2D eigenvalue weighted by Crippen LogP contribution is -2.49. The Morgan fingerprint density at radius 1 is 1.50 bits per heavy atom. The van der Waals surface area contributed by atoms with Gasteiger partial charge in [-0.2, -0.15) is 0 Å². The van der Waals surface area contributed by atoms with Gasteiger partial charge in [0.25, 0.3) is 0 Å². The molecule has 2 rings (SSSR count). The Kier molecular flexibility index (Phi) is 3.57. The lowest BCUT2D eigenvalue weighted by atomic mass is 9.84. The molecule has 0 aromatic heterocycles. The summed E-state index contributed by atoms with van der Waals surface area (Å²) in [6.07, 6.45) is 2.69. The van der Waals surface area contributed by atoms with Crippen molar-refractivity contribution in [3.63, 3.8) is 0 Å². The second kappa shape index (κ2) is 4.63. The summed E-state index contributed by atoms with van der Waals surface area (Å²) in [4.78, 5) is 2.64. The van der Waals surface area contributed by atoms with E-state index in [1.165, 1.54) is 19.4 Å². The normalized spacial score (nSPS) is 41.1. The number of likely N-dealkylation sites (tertiary alicyclic amines) is 1. The SMILES string of the molecule is CC(C)C1CCCN1CC1(C)COCC1N. The maximum absolute atomic E-state index is 6.16. The predicted octanol–water partition coefficient (Wildman–Crippen LogP) is 1.47. The van der Waals surface area contributed by atoms with E-state index in [4.69, 9.17) is 10.5 Å². The van der Waals surface area contributed by atoms with Crippen LogP contribution in [0.5, 0.6) is 0 Å². The number of rotatable bonds is 3. The predicted molar refractivity (Wildman–Crippen MR) is 66.3 cm³/mol. The van der Waals surface area contributed by atoms with Crippen molar-refractivity contribution in [1.29, 1.82) is 0 Å². The lowest BCUT2D eigenvalue weighted by molar-refractivity contribution is 0.100. The molecule has 2 aliphatic rings. The van der Waals surface area contributed by atoms with Crippen LogP contribution < -0.4 is 5.73 Å². The molecule has 0 amide bonds. The van der Waals surface area contributed by atoms with Crippen LogP contribution in [0.3, 0.4) is 0 Å². The van der Waals surface area contributed by atoms with Crippen LogP contribution in [0.1, 0.15) is 33.6 Å². The monoisotopic (exact) mass is 226 g/mol. The lowest BCUT2D eigenvalue weighted by Gasteiger charge is -2.36. The first-order valence-corrected chi connectivity index (χ1v) is 6.60. The standard InChI is InChI=1S/C13H26N2O/c1-10(2)11-5-4-6-15(11)8-13(3)9-16-7-12(13)14/h10-12H,4-9,14H2,1-3H3. The number of hydrogen-bond donors (Lipinski definition) is 1. The van der Waals surface area contributed by atoms with Gasteiger partial charge in [-0.1, -0.05) is 20.8 Å². The summed E-state index contributed by atoms with van der Waals surface area (Å²) >= 11 is 0. The largest absolute Gasteiger partial charge is 0.379 e. The van der Waals surface area contributed by atoms with Gasteiger partial charge in [0.05, 0.1) is 13.2 Å². The van der Waals surface area contributed by atoms with Crippen molar-refractivity contribution in [2.75, 3.05) is 26.3 Å². The molecule has 16 heavy (non-hydrogen) atoms. The van der Waals surface area contributed by atoms with Crippen LogP contribution in [-0.4, -0.2) is 43.3 Å². The maximum Gasteiger partial charge on any atom is 0.0624 e. The summed E-state index contributed by atoms with van der Waals surface area (Å²) in [7, 11) is 0. The molecule has 0 saturated carbocycles. The fourth-order valence-corrected chi connectivity index (χ4v) is 3.16. The Bertz CT molecular complexity index is 244. The van der Waals surface area contributed by atoms with E-state index in [2.05, 4.69) is 25.7 Å². The van der Waals surface area contributed by atoms with Crippen LogP contribution in [0.25, 0.3) is 0 Å². The Morgan fingerprint density at radius 3 is 2.81 bits per heavy atom. The fourth-order valence-electron chi connectivity index (χ4n) is 3.16. The summed E-state index contributed by atoms with van der Waals surface area (Å²) < 4.78 is 5.53. The molecule has 0 aromatic carbocycles. The van der Waals surface area contributed by atoms with E-state index in [0.29, 0.717) is 0 Å². The van der Waals surface area contributed by atoms with Crippen LogP contribution in [0.15, 0.2) is 0 Å². The zero-order valence-corrected chi connectivity index (χ0v) is 10.9. The molecule has 2 saturated heterocycles. The molecule has 3 nitrogen and oxygen atoms in total. The molecule has 0 aromatic rings. The van der Waals surface area contributed by atoms with Gasteiger partial charge in [0.2, 0.25) is 0 Å². The van der Waals surface area contributed by atoms with Crippen molar-refractivity contribution >= 4 is 0 Å². The third-order valence-electron chi connectivity index (χ3n) is 4.37. The van der Waals surface area contributed by atoms with E-state index in [0.717, 1.165) is 31.7 Å². The highest BCUT2D eigenvalue weighted by Gasteiger charge is 2.41. The van der Waals surface area contributed by atoms with E-state index in [-0.39, 0.29) is 11.5 Å². The molecule has 2 fully saturated rings. The van der Waals surface area contributed by atoms with E-state index in [1.807, 2.05) is 0 Å². The Hall–Kier alpha value is -0.120. The quantitative estimate of drug-likeness (QED) is 0.792. The number of nitrogens with two attached hydrogens (primary N) is 1. The van der Waals surface area contributed by atoms with Crippen molar-refractivity contribution in [3.8, 4) is 0 Å². The third kappa shape index (κ3) is 2.27. The minimum atomic E-state index is 0.164. The van der Waals surface area contributed by atoms with Gasteiger partial charge in [-0.15, -0.1) is 0 Å². The van der Waals surface area contributed by atoms with Gasteiger partial charge < -0.3 is 10.5 Å². The molecule has 2 N–H and O–H groups in total. The Labute approximate surface area is 99.3 Å².